The Kier molecular flexibility index (Phi) is 5.72. The highest BCUT2D eigenvalue weighted by molar-refractivity contribution is 6.34. The van der Waals surface area contributed by atoms with E-state index in [-0.39, 0.29) is 25.9 Å². The maximum absolute atomic E-state index is 13.5. The number of carbonyl (C=O) groups excluding carboxylic acids is 1. The summed E-state index contributed by atoms with van der Waals surface area (Å²) in [6.45, 7) is 0.438. The highest BCUT2D eigenvalue weighted by Crippen LogP contribution is 2.39. The first kappa shape index (κ1) is 21.3. The summed E-state index contributed by atoms with van der Waals surface area (Å²) in [6.07, 6.45) is 1.16. The molecule has 1 aromatic carbocycles. The summed E-state index contributed by atoms with van der Waals surface area (Å²) in [5, 5.41) is 1.09. The number of H-pyrrole nitrogens is 1. The number of rotatable bonds is 5. The number of alkyl halides is 2. The number of anilines is 1. The molecule has 164 valence electrons. The molecule has 2 aromatic heterocycles. The van der Waals surface area contributed by atoms with Crippen LogP contribution in [0.15, 0.2) is 30.5 Å². The van der Waals surface area contributed by atoms with E-state index >= 15 is 0 Å². The summed E-state index contributed by atoms with van der Waals surface area (Å²) < 4.78 is 32.5. The van der Waals surface area contributed by atoms with Crippen LogP contribution in [0.5, 0.6) is 5.88 Å². The van der Waals surface area contributed by atoms with Crippen LogP contribution in [0.1, 0.15) is 23.2 Å². The van der Waals surface area contributed by atoms with Crippen LogP contribution >= 0.6 is 11.6 Å². The molecule has 7 nitrogen and oxygen atoms in total. The van der Waals surface area contributed by atoms with E-state index in [1.165, 1.54) is 14.2 Å². The van der Waals surface area contributed by atoms with Crippen molar-refractivity contribution in [1.29, 1.82) is 0 Å². The van der Waals surface area contributed by atoms with Crippen LogP contribution in [0.4, 0.5) is 14.6 Å². The minimum atomic E-state index is -2.63. The molecule has 0 bridgehead atoms. The zero-order chi connectivity index (χ0) is 22.2. The highest BCUT2D eigenvalue weighted by atomic mass is 35.5. The van der Waals surface area contributed by atoms with Gasteiger partial charge in [-0.15, -0.1) is 0 Å². The maximum atomic E-state index is 13.5. The van der Waals surface area contributed by atoms with E-state index < -0.39 is 11.8 Å². The number of carbonyl (C=O) groups is 1. The number of halogens is 3. The predicted molar refractivity (Wildman–Crippen MR) is 114 cm³/mol. The fourth-order valence-corrected chi connectivity index (χ4v) is 3.98. The number of hydroxylamine groups is 1. The molecular formula is C21H21ClF2N4O3. The van der Waals surface area contributed by atoms with Crippen LogP contribution in [-0.2, 0) is 4.84 Å². The molecule has 1 aliphatic rings. The fraction of sp³-hybridized carbons (Fsp3) is 0.333. The summed E-state index contributed by atoms with van der Waals surface area (Å²) in [4.78, 5) is 26.3. The molecule has 3 aromatic rings. The smallest absolute Gasteiger partial charge is 0.276 e. The van der Waals surface area contributed by atoms with Gasteiger partial charge in [0.2, 0.25) is 5.88 Å². The van der Waals surface area contributed by atoms with E-state index in [9.17, 15) is 13.6 Å². The molecule has 1 aliphatic heterocycles. The maximum Gasteiger partial charge on any atom is 0.276 e. The Morgan fingerprint density at radius 3 is 2.65 bits per heavy atom. The number of fused-ring (bicyclic) bond motifs is 1. The number of methoxy groups -OCH3 is 1. The summed E-state index contributed by atoms with van der Waals surface area (Å²) in [6, 6.07) is 7.05. The number of benzene rings is 1. The average Bonchev–Trinajstić information content (AvgIpc) is 3.15. The minimum Gasteiger partial charge on any atom is -0.480 e. The molecule has 31 heavy (non-hydrogen) atoms. The lowest BCUT2D eigenvalue weighted by atomic mass is 10.0. The number of aromatic nitrogens is 2. The zero-order valence-electron chi connectivity index (χ0n) is 17.0. The van der Waals surface area contributed by atoms with E-state index in [1.807, 2.05) is 4.90 Å². The standard InChI is InChI=1S/C21H21ClF2N4O3/c1-30-20-12(3-4-18(26-20)28-7-5-21(23,24)6-8-28)13-9-14-15(19(29)27-31-2)11-25-17(14)10-16(13)22/h3-4,9-11,25H,5-8H2,1-2H3,(H,27,29). The zero-order valence-corrected chi connectivity index (χ0v) is 17.7. The lowest BCUT2D eigenvalue weighted by Crippen LogP contribution is -2.39. The molecule has 1 fully saturated rings. The number of aromatic amines is 1. The van der Waals surface area contributed by atoms with Crippen molar-refractivity contribution in [3.8, 4) is 17.0 Å². The molecule has 2 N–H and O–H groups in total. The minimum absolute atomic E-state index is 0.207. The third-order valence-corrected chi connectivity index (χ3v) is 5.67. The van der Waals surface area contributed by atoms with E-state index in [2.05, 4.69) is 15.4 Å². The van der Waals surface area contributed by atoms with Gasteiger partial charge < -0.3 is 14.6 Å². The molecule has 10 heteroatoms. The van der Waals surface area contributed by atoms with Crippen molar-refractivity contribution in [3.63, 3.8) is 0 Å². The molecule has 0 unspecified atom stereocenters. The Balaban J connectivity index is 1.72. The second-order valence-corrected chi connectivity index (χ2v) is 7.69. The molecule has 0 aliphatic carbocycles. The van der Waals surface area contributed by atoms with Crippen LogP contribution in [0.3, 0.4) is 0 Å². The number of nitrogens with one attached hydrogen (secondary N) is 2. The van der Waals surface area contributed by atoms with Crippen molar-refractivity contribution >= 4 is 34.2 Å². The largest absolute Gasteiger partial charge is 0.480 e. The molecule has 4 rings (SSSR count). The third kappa shape index (κ3) is 4.15. The third-order valence-electron chi connectivity index (χ3n) is 5.36. The summed E-state index contributed by atoms with van der Waals surface area (Å²) in [7, 11) is 2.84. The first-order chi connectivity index (χ1) is 14.8. The van der Waals surface area contributed by atoms with Gasteiger partial charge in [-0.05, 0) is 24.3 Å². The van der Waals surface area contributed by atoms with E-state index in [0.717, 1.165) is 0 Å². The highest BCUT2D eigenvalue weighted by Gasteiger charge is 2.34. The van der Waals surface area contributed by atoms with Gasteiger partial charge in [0.25, 0.3) is 11.8 Å². The topological polar surface area (TPSA) is 79.5 Å². The van der Waals surface area contributed by atoms with Crippen molar-refractivity contribution < 1.29 is 23.1 Å². The van der Waals surface area contributed by atoms with Gasteiger partial charge in [0.05, 0.1) is 24.8 Å². The summed E-state index contributed by atoms with van der Waals surface area (Å²) >= 11 is 6.51. The van der Waals surface area contributed by atoms with Gasteiger partial charge in [0.15, 0.2) is 0 Å². The normalized spacial score (nSPS) is 15.8. The van der Waals surface area contributed by atoms with Crippen LogP contribution < -0.4 is 15.1 Å². The predicted octanol–water partition coefficient (Wildman–Crippen LogP) is 4.42. The number of pyridine rings is 1. The van der Waals surface area contributed by atoms with Crippen LogP contribution in [0.2, 0.25) is 5.02 Å². The van der Waals surface area contributed by atoms with Crippen LogP contribution in [0.25, 0.3) is 22.0 Å². The lowest BCUT2D eigenvalue weighted by Gasteiger charge is -2.32. The Morgan fingerprint density at radius 2 is 1.97 bits per heavy atom. The van der Waals surface area contributed by atoms with Crippen molar-refractivity contribution in [3.05, 3.63) is 41.0 Å². The van der Waals surface area contributed by atoms with E-state index in [1.54, 1.807) is 30.5 Å². The molecule has 1 amide bonds. The van der Waals surface area contributed by atoms with E-state index in [0.29, 0.717) is 44.3 Å². The number of piperidine rings is 1. The quantitative estimate of drug-likeness (QED) is 0.562. The van der Waals surface area contributed by atoms with Crippen LogP contribution in [-0.4, -0.2) is 49.1 Å². The number of hydrogen-bond acceptors (Lipinski definition) is 5. The van der Waals surface area contributed by atoms with Gasteiger partial charge in [0.1, 0.15) is 5.82 Å². The van der Waals surface area contributed by atoms with Gasteiger partial charge in [-0.2, -0.15) is 4.98 Å². The summed E-state index contributed by atoms with van der Waals surface area (Å²) in [5.41, 5.74) is 4.63. The molecule has 0 spiro atoms. The molecule has 0 radical (unpaired) electrons. The van der Waals surface area contributed by atoms with Crippen molar-refractivity contribution in [2.45, 2.75) is 18.8 Å². The molecule has 1 saturated heterocycles. The van der Waals surface area contributed by atoms with Gasteiger partial charge in [-0.3, -0.25) is 9.63 Å². The lowest BCUT2D eigenvalue weighted by molar-refractivity contribution is -0.0221. The molecule has 3 heterocycles. The van der Waals surface area contributed by atoms with Crippen LogP contribution in [0, 0.1) is 0 Å². The van der Waals surface area contributed by atoms with Crippen molar-refractivity contribution in [2.75, 3.05) is 32.2 Å². The first-order valence-corrected chi connectivity index (χ1v) is 10.0. The van der Waals surface area contributed by atoms with E-state index in [4.69, 9.17) is 21.2 Å². The van der Waals surface area contributed by atoms with Crippen molar-refractivity contribution in [1.82, 2.24) is 15.4 Å². The summed E-state index contributed by atoms with van der Waals surface area (Å²) in [5.74, 6) is -2.15. The first-order valence-electron chi connectivity index (χ1n) is 9.65. The molecule has 0 atom stereocenters. The fourth-order valence-electron chi connectivity index (χ4n) is 3.72. The molecule has 0 saturated carbocycles. The van der Waals surface area contributed by atoms with Gasteiger partial charge in [-0.25, -0.2) is 14.3 Å². The second kappa shape index (κ2) is 8.32. The number of amides is 1. The van der Waals surface area contributed by atoms with Crippen molar-refractivity contribution in [2.24, 2.45) is 0 Å². The Hall–Kier alpha value is -2.91. The number of ether oxygens (including phenoxy) is 1. The number of hydrogen-bond donors (Lipinski definition) is 2. The monoisotopic (exact) mass is 450 g/mol. The second-order valence-electron chi connectivity index (χ2n) is 7.28. The SMILES string of the molecule is CONC(=O)c1c[nH]c2cc(Cl)c(-c3ccc(N4CCC(F)(F)CC4)nc3OC)cc12. The number of nitrogens with zero attached hydrogens (tertiary/aromatic N) is 2. The van der Waals surface area contributed by atoms with Gasteiger partial charge >= 0.3 is 0 Å². The van der Waals surface area contributed by atoms with Gasteiger partial charge in [0, 0.05) is 54.2 Å². The van der Waals surface area contributed by atoms with Gasteiger partial charge in [-0.1, -0.05) is 11.6 Å². The average molecular weight is 451 g/mol. The Labute approximate surface area is 182 Å². The Morgan fingerprint density at radius 1 is 1.23 bits per heavy atom. The molecular weight excluding hydrogens is 430 g/mol. The Bertz CT molecular complexity index is 1130.